The number of carbonyl (C=O) groups excluding carboxylic acids is 1. The van der Waals surface area contributed by atoms with Gasteiger partial charge in [0.25, 0.3) is 14.2 Å². The maximum atomic E-state index is 13.4. The third-order valence-corrected chi connectivity index (χ3v) is 12.3. The average molecular weight is 492 g/mol. The number of aromatic nitrogens is 2. The monoisotopic (exact) mass is 491 g/mol. The molecule has 1 amide bonds. The molecule has 0 spiro atoms. The number of nitrogens with zero attached hydrogens (tertiary/aromatic N) is 3. The van der Waals surface area contributed by atoms with E-state index in [4.69, 9.17) is 9.41 Å². The van der Waals surface area contributed by atoms with Crippen molar-refractivity contribution in [3.8, 4) is 5.75 Å². The minimum absolute atomic E-state index is 0.0133. The number of benzene rings is 1. The van der Waals surface area contributed by atoms with Gasteiger partial charge in [0.2, 0.25) is 0 Å². The fourth-order valence-electron chi connectivity index (χ4n) is 4.10. The van der Waals surface area contributed by atoms with E-state index in [-0.39, 0.29) is 10.9 Å². The van der Waals surface area contributed by atoms with Gasteiger partial charge in [0.05, 0.1) is 11.3 Å². The molecule has 3 aromatic rings. The number of hydrogen-bond donors (Lipinski definition) is 0. The first-order valence-electron chi connectivity index (χ1n) is 12.4. The second-order valence-electron chi connectivity index (χ2n) is 11.0. The largest absolute Gasteiger partial charge is 0.541 e. The summed E-state index contributed by atoms with van der Waals surface area (Å²) < 4.78 is 9.09. The quantitative estimate of drug-likeness (QED) is 0.321. The molecule has 1 aromatic carbocycles. The number of amides is 1. The summed E-state index contributed by atoms with van der Waals surface area (Å²) in [5.41, 5.74) is 5.43. The van der Waals surface area contributed by atoms with Crippen LogP contribution in [0, 0.1) is 19.8 Å². The maximum absolute atomic E-state index is 13.4. The molecule has 0 aliphatic carbocycles. The molecule has 3 rings (SSSR count). The average Bonchev–Trinajstić information content (AvgIpc) is 3.08. The third-order valence-electron chi connectivity index (χ3n) is 7.87. The summed E-state index contributed by atoms with van der Waals surface area (Å²) in [5.74, 6) is 1.17. The molecule has 0 saturated heterocycles. The van der Waals surface area contributed by atoms with E-state index in [1.165, 1.54) is 0 Å². The fraction of sp³-hybridized carbons (Fsp3) is 0.448. The first-order valence-corrected chi connectivity index (χ1v) is 15.3. The standard InChI is InChI=1S/C29H41N3O2Si/c1-20(2)29(5,6)35(9,10)34-26-24(18-14-17-23-15-12-11-13-16-23)25(28(33)31(7)8)19-32-22(4)21(3)30-27(26)32/h11-17,19-20H,18H2,1-10H3/b17-14+. The van der Waals surface area contributed by atoms with Crippen LogP contribution in [0.2, 0.25) is 18.1 Å². The SMILES string of the molecule is Cc1nc2c(O[Si](C)(C)C(C)(C)C(C)C)c(C/C=C/c3ccccc3)c(C(=O)N(C)C)cn2c1C. The lowest BCUT2D eigenvalue weighted by Crippen LogP contribution is -2.48. The Balaban J connectivity index is 2.26. The van der Waals surface area contributed by atoms with Crippen LogP contribution in [-0.4, -0.2) is 42.6 Å². The summed E-state index contributed by atoms with van der Waals surface area (Å²) in [4.78, 5) is 19.9. The van der Waals surface area contributed by atoms with Crippen molar-refractivity contribution in [2.24, 2.45) is 5.92 Å². The van der Waals surface area contributed by atoms with Gasteiger partial charge in [-0.05, 0) is 49.9 Å². The van der Waals surface area contributed by atoms with Crippen LogP contribution < -0.4 is 4.43 Å². The molecular weight excluding hydrogens is 450 g/mol. The van der Waals surface area contributed by atoms with Crippen molar-refractivity contribution < 1.29 is 9.22 Å². The fourth-order valence-corrected chi connectivity index (χ4v) is 6.48. The van der Waals surface area contributed by atoms with Crippen molar-refractivity contribution in [2.75, 3.05) is 14.1 Å². The van der Waals surface area contributed by atoms with Crippen LogP contribution in [-0.2, 0) is 6.42 Å². The zero-order valence-corrected chi connectivity index (χ0v) is 24.1. The normalized spacial score (nSPS) is 12.7. The lowest BCUT2D eigenvalue weighted by molar-refractivity contribution is 0.0826. The second-order valence-corrected chi connectivity index (χ2v) is 15.5. The van der Waals surface area contributed by atoms with Gasteiger partial charge in [-0.3, -0.25) is 4.79 Å². The highest BCUT2D eigenvalue weighted by Gasteiger charge is 2.46. The van der Waals surface area contributed by atoms with E-state index < -0.39 is 8.32 Å². The molecule has 2 heterocycles. The Morgan fingerprint density at radius 2 is 1.80 bits per heavy atom. The van der Waals surface area contributed by atoms with E-state index in [9.17, 15) is 4.79 Å². The van der Waals surface area contributed by atoms with Crippen molar-refractivity contribution in [1.29, 1.82) is 0 Å². The minimum Gasteiger partial charge on any atom is -0.541 e. The van der Waals surface area contributed by atoms with Gasteiger partial charge < -0.3 is 13.7 Å². The summed E-state index contributed by atoms with van der Waals surface area (Å²) in [6, 6.07) is 10.2. The molecule has 188 valence electrons. The van der Waals surface area contributed by atoms with E-state index in [0.717, 1.165) is 33.9 Å². The van der Waals surface area contributed by atoms with E-state index in [1.54, 1.807) is 19.0 Å². The number of imidazole rings is 1. The molecule has 5 nitrogen and oxygen atoms in total. The van der Waals surface area contributed by atoms with Gasteiger partial charge in [0.15, 0.2) is 11.4 Å². The van der Waals surface area contributed by atoms with Crippen LogP contribution in [0.15, 0.2) is 42.6 Å². The van der Waals surface area contributed by atoms with Gasteiger partial charge in [-0.2, -0.15) is 0 Å². The third kappa shape index (κ3) is 5.22. The van der Waals surface area contributed by atoms with Crippen molar-refractivity contribution in [2.45, 2.75) is 66.1 Å². The maximum Gasteiger partial charge on any atom is 0.255 e. The molecule has 0 unspecified atom stereocenters. The van der Waals surface area contributed by atoms with Crippen molar-refractivity contribution in [3.63, 3.8) is 0 Å². The molecule has 0 N–H and O–H groups in total. The number of carbonyl (C=O) groups is 1. The summed E-state index contributed by atoms with van der Waals surface area (Å²) in [5, 5.41) is 0.0133. The van der Waals surface area contributed by atoms with E-state index in [2.05, 4.69) is 65.1 Å². The molecule has 0 saturated carbocycles. The number of hydrogen-bond acceptors (Lipinski definition) is 3. The van der Waals surface area contributed by atoms with Crippen LogP contribution in [0.1, 0.15) is 60.6 Å². The molecule has 0 aliphatic rings. The zero-order chi connectivity index (χ0) is 26.1. The summed E-state index contributed by atoms with van der Waals surface area (Å²) in [6.45, 7) is 17.7. The Bertz CT molecular complexity index is 1240. The summed E-state index contributed by atoms with van der Waals surface area (Å²) >= 11 is 0. The van der Waals surface area contributed by atoms with Crippen molar-refractivity contribution >= 4 is 25.9 Å². The van der Waals surface area contributed by atoms with Gasteiger partial charge in [0.1, 0.15) is 0 Å². The molecule has 2 aromatic heterocycles. The van der Waals surface area contributed by atoms with Crippen LogP contribution in [0.5, 0.6) is 5.75 Å². The summed E-state index contributed by atoms with van der Waals surface area (Å²) in [7, 11) is 1.31. The van der Waals surface area contributed by atoms with Gasteiger partial charge in [-0.1, -0.05) is 70.2 Å². The predicted molar refractivity (Wildman–Crippen MR) is 149 cm³/mol. The van der Waals surface area contributed by atoms with E-state index in [1.807, 2.05) is 42.6 Å². The Hall–Kier alpha value is -2.86. The van der Waals surface area contributed by atoms with E-state index >= 15 is 0 Å². The topological polar surface area (TPSA) is 46.8 Å². The zero-order valence-electron chi connectivity index (χ0n) is 23.1. The number of allylic oxidation sites excluding steroid dienone is 1. The first kappa shape index (κ1) is 26.7. The molecule has 0 fully saturated rings. The van der Waals surface area contributed by atoms with Crippen LogP contribution in [0.4, 0.5) is 0 Å². The van der Waals surface area contributed by atoms with Gasteiger partial charge in [0, 0.05) is 31.5 Å². The molecule has 0 atom stereocenters. The second kappa shape index (κ2) is 10.0. The Morgan fingerprint density at radius 3 is 2.37 bits per heavy atom. The summed E-state index contributed by atoms with van der Waals surface area (Å²) in [6.07, 6.45) is 6.73. The smallest absolute Gasteiger partial charge is 0.255 e. The molecule has 6 heteroatoms. The van der Waals surface area contributed by atoms with Crippen molar-refractivity contribution in [3.05, 3.63) is 70.7 Å². The number of fused-ring (bicyclic) bond motifs is 1. The molecule has 35 heavy (non-hydrogen) atoms. The van der Waals surface area contributed by atoms with Gasteiger partial charge in [-0.15, -0.1) is 0 Å². The van der Waals surface area contributed by atoms with Gasteiger partial charge in [-0.25, -0.2) is 4.98 Å². The number of pyridine rings is 1. The highest BCUT2D eigenvalue weighted by atomic mass is 28.4. The molecular formula is C29H41N3O2Si. The highest BCUT2D eigenvalue weighted by molar-refractivity contribution is 6.75. The predicted octanol–water partition coefficient (Wildman–Crippen LogP) is 6.93. The number of rotatable bonds is 8. The van der Waals surface area contributed by atoms with Crippen LogP contribution in [0.25, 0.3) is 11.7 Å². The van der Waals surface area contributed by atoms with Gasteiger partial charge >= 0.3 is 0 Å². The Labute approximate surface area is 212 Å². The lowest BCUT2D eigenvalue weighted by atomic mass is 9.99. The molecule has 0 radical (unpaired) electrons. The van der Waals surface area contributed by atoms with Crippen LogP contribution >= 0.6 is 0 Å². The molecule has 0 aliphatic heterocycles. The Morgan fingerprint density at radius 1 is 1.17 bits per heavy atom. The molecule has 0 bridgehead atoms. The first-order chi connectivity index (χ1) is 16.3. The highest BCUT2D eigenvalue weighted by Crippen LogP contribution is 2.46. The van der Waals surface area contributed by atoms with Crippen LogP contribution in [0.3, 0.4) is 0 Å². The van der Waals surface area contributed by atoms with Crippen molar-refractivity contribution in [1.82, 2.24) is 14.3 Å². The lowest BCUT2D eigenvalue weighted by Gasteiger charge is -2.42. The Kier molecular flexibility index (Phi) is 7.65. The minimum atomic E-state index is -2.28. The number of aryl methyl sites for hydroxylation is 2. The van der Waals surface area contributed by atoms with E-state index in [0.29, 0.717) is 17.9 Å².